The molecule has 3 N–H and O–H groups in total. The number of halogens is 1. The molecular formula is C26H29ClN6O2. The molecule has 1 fully saturated rings. The van der Waals surface area contributed by atoms with Crippen LogP contribution in [0.25, 0.3) is 0 Å². The fraction of sp³-hybridized carbons (Fsp3) is 0.346. The summed E-state index contributed by atoms with van der Waals surface area (Å²) >= 11 is 6.38. The Bertz CT molecular complexity index is 1240. The first-order valence-corrected chi connectivity index (χ1v) is 12.2. The van der Waals surface area contributed by atoms with Crippen LogP contribution in [0, 0.1) is 0 Å². The van der Waals surface area contributed by atoms with Gasteiger partial charge in [0.2, 0.25) is 5.95 Å². The van der Waals surface area contributed by atoms with Crippen molar-refractivity contribution in [2.45, 2.75) is 31.3 Å². The maximum absolute atomic E-state index is 12.2. The Morgan fingerprint density at radius 2 is 2.06 bits per heavy atom. The van der Waals surface area contributed by atoms with Gasteiger partial charge in [0.05, 0.1) is 24.1 Å². The highest BCUT2D eigenvalue weighted by Gasteiger charge is 2.39. The van der Waals surface area contributed by atoms with Crippen molar-refractivity contribution in [3.05, 3.63) is 70.4 Å². The fourth-order valence-electron chi connectivity index (χ4n) is 5.14. The molecule has 3 heterocycles. The second-order valence-electron chi connectivity index (χ2n) is 8.86. The van der Waals surface area contributed by atoms with E-state index in [2.05, 4.69) is 49.0 Å². The predicted octanol–water partition coefficient (Wildman–Crippen LogP) is 4.68. The lowest BCUT2D eigenvalue weighted by atomic mass is 9.92. The molecule has 2 aliphatic heterocycles. The van der Waals surface area contributed by atoms with E-state index in [9.17, 15) is 4.79 Å². The molecule has 1 saturated heterocycles. The summed E-state index contributed by atoms with van der Waals surface area (Å²) in [5, 5.41) is 9.51. The summed E-state index contributed by atoms with van der Waals surface area (Å²) in [6, 6.07) is 14.7. The zero-order chi connectivity index (χ0) is 24.4. The van der Waals surface area contributed by atoms with Gasteiger partial charge in [-0.25, -0.2) is 4.98 Å². The van der Waals surface area contributed by atoms with E-state index in [4.69, 9.17) is 16.3 Å². The van der Waals surface area contributed by atoms with Crippen LogP contribution >= 0.6 is 11.6 Å². The van der Waals surface area contributed by atoms with Gasteiger partial charge in [0, 0.05) is 38.5 Å². The Morgan fingerprint density at radius 1 is 1.20 bits per heavy atom. The van der Waals surface area contributed by atoms with Crippen molar-refractivity contribution in [2.75, 3.05) is 37.9 Å². The minimum absolute atomic E-state index is 0.195. The summed E-state index contributed by atoms with van der Waals surface area (Å²) in [5.41, 5.74) is 4.83. The molecule has 8 nitrogen and oxygen atoms in total. The largest absolute Gasteiger partial charge is 0.383 e. The Kier molecular flexibility index (Phi) is 6.86. The topological polar surface area (TPSA) is 91.4 Å². The molecule has 0 aliphatic carbocycles. The summed E-state index contributed by atoms with van der Waals surface area (Å²) in [7, 11) is 3.36. The number of aromatic nitrogens is 2. The van der Waals surface area contributed by atoms with E-state index in [-0.39, 0.29) is 5.91 Å². The maximum Gasteiger partial charge on any atom is 0.253 e. The zero-order valence-electron chi connectivity index (χ0n) is 19.8. The van der Waals surface area contributed by atoms with Crippen molar-refractivity contribution in [3.8, 4) is 0 Å². The van der Waals surface area contributed by atoms with Gasteiger partial charge in [0.25, 0.3) is 5.91 Å². The number of methoxy groups -OCH3 is 1. The fourth-order valence-corrected chi connectivity index (χ4v) is 5.28. The van der Waals surface area contributed by atoms with Crippen LogP contribution < -0.4 is 16.0 Å². The standard InChI is InChI=1S/C26H29ClN6O2/c1-28-25(34)19-5-3-4-6-22(19)31-24-21(27)15-29-26(32-24)30-17-8-7-16-13-18-9-10-23(20(16)14-17)33(18)11-12-35-2/h3-8,14-15,18,23H,9-13H2,1-2H3,(H,28,34)(H2,29,30,31,32). The molecule has 0 radical (unpaired) electrons. The lowest BCUT2D eigenvalue weighted by Crippen LogP contribution is -2.39. The summed E-state index contributed by atoms with van der Waals surface area (Å²) in [6.07, 6.45) is 5.01. The van der Waals surface area contributed by atoms with Gasteiger partial charge in [-0.15, -0.1) is 0 Å². The van der Waals surface area contributed by atoms with E-state index < -0.39 is 0 Å². The molecule has 2 unspecified atom stereocenters. The van der Waals surface area contributed by atoms with Crippen LogP contribution in [0.1, 0.15) is 40.4 Å². The van der Waals surface area contributed by atoms with Gasteiger partial charge < -0.3 is 20.7 Å². The van der Waals surface area contributed by atoms with Crippen molar-refractivity contribution in [1.29, 1.82) is 0 Å². The Balaban J connectivity index is 1.37. The molecule has 35 heavy (non-hydrogen) atoms. The number of rotatable bonds is 8. The average Bonchev–Trinajstić information content (AvgIpc) is 3.17. The van der Waals surface area contributed by atoms with Gasteiger partial charge in [-0.3, -0.25) is 9.69 Å². The molecule has 0 saturated carbocycles. The van der Waals surface area contributed by atoms with E-state index in [0.717, 1.165) is 25.3 Å². The first-order valence-electron chi connectivity index (χ1n) is 11.8. The highest BCUT2D eigenvalue weighted by molar-refractivity contribution is 6.33. The molecule has 5 rings (SSSR count). The summed E-state index contributed by atoms with van der Waals surface area (Å²) in [5.74, 6) is 0.646. The van der Waals surface area contributed by atoms with Crippen molar-refractivity contribution >= 4 is 40.6 Å². The molecule has 2 aliphatic rings. The number of anilines is 4. The number of para-hydroxylation sites is 1. The molecule has 2 bridgehead atoms. The number of amides is 1. The lowest BCUT2D eigenvalue weighted by molar-refractivity contribution is 0.0964. The normalized spacial score (nSPS) is 18.7. The number of carbonyl (C=O) groups excluding carboxylic acids is 1. The van der Waals surface area contributed by atoms with Crippen LogP contribution in [0.2, 0.25) is 5.02 Å². The number of hydrogen-bond acceptors (Lipinski definition) is 7. The Labute approximate surface area is 210 Å². The lowest BCUT2D eigenvalue weighted by Gasteiger charge is -2.36. The Morgan fingerprint density at radius 3 is 2.89 bits per heavy atom. The molecule has 3 aromatic rings. The molecule has 1 amide bonds. The molecule has 2 aromatic carbocycles. The van der Waals surface area contributed by atoms with Crippen LogP contribution in [-0.2, 0) is 11.2 Å². The second kappa shape index (κ2) is 10.2. The van der Waals surface area contributed by atoms with E-state index in [1.807, 2.05) is 18.2 Å². The van der Waals surface area contributed by atoms with Crippen LogP contribution in [-0.4, -0.2) is 54.1 Å². The minimum atomic E-state index is -0.195. The van der Waals surface area contributed by atoms with Crippen molar-refractivity contribution < 1.29 is 9.53 Å². The number of ether oxygens (including phenoxy) is 1. The molecule has 2 atom stereocenters. The van der Waals surface area contributed by atoms with Crippen LogP contribution in [0.5, 0.6) is 0 Å². The second-order valence-corrected chi connectivity index (χ2v) is 9.27. The number of nitrogens with zero attached hydrogens (tertiary/aromatic N) is 3. The first kappa shape index (κ1) is 23.5. The van der Waals surface area contributed by atoms with Gasteiger partial charge in [-0.2, -0.15) is 4.98 Å². The summed E-state index contributed by atoms with van der Waals surface area (Å²) in [4.78, 5) is 23.8. The number of fused-ring (bicyclic) bond motifs is 4. The third-order valence-electron chi connectivity index (χ3n) is 6.81. The van der Waals surface area contributed by atoms with Gasteiger partial charge >= 0.3 is 0 Å². The van der Waals surface area contributed by atoms with Crippen molar-refractivity contribution in [3.63, 3.8) is 0 Å². The summed E-state index contributed by atoms with van der Waals surface area (Å²) < 4.78 is 5.34. The zero-order valence-corrected chi connectivity index (χ0v) is 20.6. The van der Waals surface area contributed by atoms with E-state index in [1.165, 1.54) is 24.0 Å². The molecule has 0 spiro atoms. The van der Waals surface area contributed by atoms with Gasteiger partial charge in [-0.05, 0) is 54.7 Å². The predicted molar refractivity (Wildman–Crippen MR) is 138 cm³/mol. The van der Waals surface area contributed by atoms with E-state index in [1.54, 1.807) is 26.4 Å². The first-order chi connectivity index (χ1) is 17.1. The highest BCUT2D eigenvalue weighted by atomic mass is 35.5. The van der Waals surface area contributed by atoms with Crippen molar-refractivity contribution in [1.82, 2.24) is 20.2 Å². The van der Waals surface area contributed by atoms with Gasteiger partial charge in [0.15, 0.2) is 5.82 Å². The third-order valence-corrected chi connectivity index (χ3v) is 7.09. The van der Waals surface area contributed by atoms with Crippen molar-refractivity contribution in [2.24, 2.45) is 0 Å². The van der Waals surface area contributed by atoms with Gasteiger partial charge in [0.1, 0.15) is 5.02 Å². The van der Waals surface area contributed by atoms with E-state index in [0.29, 0.717) is 40.1 Å². The van der Waals surface area contributed by atoms with E-state index >= 15 is 0 Å². The third kappa shape index (κ3) is 4.82. The smallest absolute Gasteiger partial charge is 0.253 e. The molecular weight excluding hydrogens is 464 g/mol. The molecule has 1 aromatic heterocycles. The van der Waals surface area contributed by atoms with Crippen LogP contribution in [0.3, 0.4) is 0 Å². The SMILES string of the molecule is CNC(=O)c1ccccc1Nc1nc(Nc2ccc3c(c2)C2CCC(C3)N2CCOC)ncc1Cl. The number of nitrogens with one attached hydrogen (secondary N) is 3. The quantitative estimate of drug-likeness (QED) is 0.420. The summed E-state index contributed by atoms with van der Waals surface area (Å²) in [6.45, 7) is 1.70. The maximum atomic E-state index is 12.2. The number of hydrogen-bond donors (Lipinski definition) is 3. The Hall–Kier alpha value is -3.20. The van der Waals surface area contributed by atoms with Crippen LogP contribution in [0.4, 0.5) is 23.1 Å². The highest BCUT2D eigenvalue weighted by Crippen LogP contribution is 2.44. The monoisotopic (exact) mass is 492 g/mol. The number of carbonyl (C=O) groups is 1. The molecule has 182 valence electrons. The van der Waals surface area contributed by atoms with Gasteiger partial charge in [-0.1, -0.05) is 29.8 Å². The minimum Gasteiger partial charge on any atom is -0.383 e. The number of benzene rings is 2. The molecule has 9 heteroatoms. The van der Waals surface area contributed by atoms with Crippen LogP contribution in [0.15, 0.2) is 48.7 Å². The average molecular weight is 493 g/mol.